The Morgan fingerprint density at radius 2 is 1.63 bits per heavy atom. The Bertz CT molecular complexity index is 954. The summed E-state index contributed by atoms with van der Waals surface area (Å²) in [5.74, 6) is -0.403. The van der Waals surface area contributed by atoms with Crippen LogP contribution in [-0.4, -0.2) is 48.9 Å². The summed E-state index contributed by atoms with van der Waals surface area (Å²) < 4.78 is 0. The highest BCUT2D eigenvalue weighted by Gasteiger charge is 2.47. The van der Waals surface area contributed by atoms with E-state index >= 15 is 0 Å². The molecule has 1 atom stereocenters. The number of hydrogen-bond acceptors (Lipinski definition) is 4. The average Bonchev–Trinajstić information content (AvgIpc) is 3.07. The number of hydrogen-bond donors (Lipinski definition) is 2. The molecule has 2 fully saturated rings. The SMILES string of the molecule is Cc1ccccc1N1CCN(C(=O)CC[C@@]2(c3ccccc3)NC(=O)NC2=O)CC1. The second-order valence-electron chi connectivity index (χ2n) is 7.83. The van der Waals surface area contributed by atoms with E-state index in [1.54, 1.807) is 12.1 Å². The predicted octanol–water partition coefficient (Wildman–Crippen LogP) is 2.16. The standard InChI is InChI=1S/C23H26N4O3/c1-17-7-5-6-10-19(17)26-13-15-27(16-14-26)20(28)11-12-23(18-8-3-2-4-9-18)21(29)24-22(30)25-23/h2-10H,11-16H2,1H3,(H2,24,25,29,30)/t23-/m0/s1. The van der Waals surface area contributed by atoms with Crippen molar-refractivity contribution in [2.24, 2.45) is 0 Å². The van der Waals surface area contributed by atoms with Crippen molar-refractivity contribution in [3.8, 4) is 0 Å². The molecule has 7 heteroatoms. The van der Waals surface area contributed by atoms with Crippen molar-refractivity contribution in [3.63, 3.8) is 0 Å². The van der Waals surface area contributed by atoms with Crippen LogP contribution in [0.5, 0.6) is 0 Å². The number of aryl methyl sites for hydroxylation is 1. The maximum atomic E-state index is 12.9. The lowest BCUT2D eigenvalue weighted by atomic mass is 9.85. The quantitative estimate of drug-likeness (QED) is 0.746. The average molecular weight is 406 g/mol. The molecule has 2 aromatic rings. The van der Waals surface area contributed by atoms with Gasteiger partial charge in [0.1, 0.15) is 5.54 Å². The van der Waals surface area contributed by atoms with Crippen LogP contribution in [0.1, 0.15) is 24.0 Å². The molecule has 2 heterocycles. The zero-order chi connectivity index (χ0) is 21.1. The molecule has 30 heavy (non-hydrogen) atoms. The van der Waals surface area contributed by atoms with Gasteiger partial charge < -0.3 is 15.1 Å². The molecule has 7 nitrogen and oxygen atoms in total. The topological polar surface area (TPSA) is 81.8 Å². The minimum atomic E-state index is -1.20. The van der Waals surface area contributed by atoms with Crippen molar-refractivity contribution in [2.45, 2.75) is 25.3 Å². The number of rotatable bonds is 5. The minimum Gasteiger partial charge on any atom is -0.368 e. The molecule has 0 aliphatic carbocycles. The van der Waals surface area contributed by atoms with Gasteiger partial charge in [0.15, 0.2) is 0 Å². The molecule has 2 aromatic carbocycles. The van der Waals surface area contributed by atoms with Crippen LogP contribution in [0.15, 0.2) is 54.6 Å². The molecule has 156 valence electrons. The van der Waals surface area contributed by atoms with E-state index in [1.165, 1.54) is 11.3 Å². The normalized spacial score (nSPS) is 21.4. The van der Waals surface area contributed by atoms with E-state index in [2.05, 4.69) is 34.6 Å². The number of nitrogens with one attached hydrogen (secondary N) is 2. The molecule has 0 saturated carbocycles. The van der Waals surface area contributed by atoms with Gasteiger partial charge in [0, 0.05) is 38.3 Å². The van der Waals surface area contributed by atoms with Crippen LogP contribution >= 0.6 is 0 Å². The number of amides is 4. The van der Waals surface area contributed by atoms with Crippen molar-refractivity contribution in [3.05, 3.63) is 65.7 Å². The summed E-state index contributed by atoms with van der Waals surface area (Å²) in [5.41, 5.74) is 1.92. The molecule has 0 radical (unpaired) electrons. The van der Waals surface area contributed by atoms with Gasteiger partial charge in [-0.3, -0.25) is 14.9 Å². The molecule has 0 bridgehead atoms. The monoisotopic (exact) mass is 406 g/mol. The third-order valence-corrected chi connectivity index (χ3v) is 6.01. The Labute approximate surface area is 176 Å². The molecule has 2 aliphatic heterocycles. The third kappa shape index (κ3) is 3.75. The number of nitrogens with zero attached hydrogens (tertiary/aromatic N) is 2. The number of imide groups is 1. The maximum absolute atomic E-state index is 12.9. The maximum Gasteiger partial charge on any atom is 0.322 e. The van der Waals surface area contributed by atoms with Crippen LogP contribution < -0.4 is 15.5 Å². The van der Waals surface area contributed by atoms with Gasteiger partial charge in [0.05, 0.1) is 0 Å². The van der Waals surface area contributed by atoms with E-state index in [1.807, 2.05) is 35.2 Å². The van der Waals surface area contributed by atoms with Gasteiger partial charge >= 0.3 is 6.03 Å². The number of carbonyl (C=O) groups excluding carboxylic acids is 3. The Kier molecular flexibility index (Phi) is 5.44. The fourth-order valence-corrected chi connectivity index (χ4v) is 4.31. The molecular weight excluding hydrogens is 380 g/mol. The molecule has 2 aliphatic rings. The third-order valence-electron chi connectivity index (χ3n) is 6.01. The molecule has 4 amide bonds. The van der Waals surface area contributed by atoms with Crippen LogP contribution in [0.4, 0.5) is 10.5 Å². The summed E-state index contributed by atoms with van der Waals surface area (Å²) in [6, 6.07) is 16.8. The zero-order valence-electron chi connectivity index (χ0n) is 17.1. The highest BCUT2D eigenvalue weighted by Crippen LogP contribution is 2.30. The van der Waals surface area contributed by atoms with E-state index in [9.17, 15) is 14.4 Å². The van der Waals surface area contributed by atoms with Gasteiger partial charge in [0.25, 0.3) is 5.91 Å². The zero-order valence-corrected chi connectivity index (χ0v) is 17.1. The summed E-state index contributed by atoms with van der Waals surface area (Å²) in [6.45, 7) is 4.93. The fraction of sp³-hybridized carbons (Fsp3) is 0.348. The van der Waals surface area contributed by atoms with Gasteiger partial charge in [-0.1, -0.05) is 48.5 Å². The number of piperazine rings is 1. The molecular formula is C23H26N4O3. The van der Waals surface area contributed by atoms with Crippen LogP contribution in [-0.2, 0) is 15.1 Å². The molecule has 2 N–H and O–H groups in total. The highest BCUT2D eigenvalue weighted by atomic mass is 16.2. The lowest BCUT2D eigenvalue weighted by molar-refractivity contribution is -0.132. The van der Waals surface area contributed by atoms with Gasteiger partial charge in [0.2, 0.25) is 5.91 Å². The predicted molar refractivity (Wildman–Crippen MR) is 114 cm³/mol. The lowest BCUT2D eigenvalue weighted by Crippen LogP contribution is -2.50. The van der Waals surface area contributed by atoms with Gasteiger partial charge in [-0.25, -0.2) is 4.79 Å². The van der Waals surface area contributed by atoms with Crippen LogP contribution in [0.25, 0.3) is 0 Å². The van der Waals surface area contributed by atoms with Gasteiger partial charge in [-0.05, 0) is 30.5 Å². The molecule has 2 saturated heterocycles. The van der Waals surface area contributed by atoms with Crippen molar-refractivity contribution in [1.29, 1.82) is 0 Å². The van der Waals surface area contributed by atoms with Gasteiger partial charge in [-0.15, -0.1) is 0 Å². The summed E-state index contributed by atoms with van der Waals surface area (Å²) >= 11 is 0. The van der Waals surface area contributed by atoms with Crippen molar-refractivity contribution < 1.29 is 14.4 Å². The number of anilines is 1. The molecule has 4 rings (SSSR count). The second-order valence-corrected chi connectivity index (χ2v) is 7.83. The molecule has 0 unspecified atom stereocenters. The summed E-state index contributed by atoms with van der Waals surface area (Å²) in [5, 5.41) is 5.07. The number of benzene rings is 2. The Balaban J connectivity index is 1.40. The number of carbonyl (C=O) groups is 3. The van der Waals surface area contributed by atoms with E-state index < -0.39 is 17.5 Å². The van der Waals surface area contributed by atoms with Crippen molar-refractivity contribution in [1.82, 2.24) is 15.5 Å². The number of urea groups is 1. The van der Waals surface area contributed by atoms with Crippen LogP contribution in [0.3, 0.4) is 0 Å². The first kappa shape index (κ1) is 19.9. The first-order valence-electron chi connectivity index (χ1n) is 10.3. The first-order chi connectivity index (χ1) is 14.5. The van der Waals surface area contributed by atoms with Crippen molar-refractivity contribution >= 4 is 23.5 Å². The highest BCUT2D eigenvalue weighted by molar-refractivity contribution is 6.07. The van der Waals surface area contributed by atoms with E-state index in [-0.39, 0.29) is 18.7 Å². The fourth-order valence-electron chi connectivity index (χ4n) is 4.31. The lowest BCUT2D eigenvalue weighted by Gasteiger charge is -2.37. The van der Waals surface area contributed by atoms with E-state index in [4.69, 9.17) is 0 Å². The first-order valence-corrected chi connectivity index (χ1v) is 10.3. The Hall–Kier alpha value is -3.35. The minimum absolute atomic E-state index is 0.00342. The Morgan fingerprint density at radius 3 is 2.27 bits per heavy atom. The van der Waals surface area contributed by atoms with Crippen LogP contribution in [0, 0.1) is 6.92 Å². The molecule has 0 spiro atoms. The largest absolute Gasteiger partial charge is 0.368 e. The van der Waals surface area contributed by atoms with E-state index in [0.29, 0.717) is 18.7 Å². The van der Waals surface area contributed by atoms with Crippen LogP contribution in [0.2, 0.25) is 0 Å². The van der Waals surface area contributed by atoms with E-state index in [0.717, 1.165) is 13.1 Å². The smallest absolute Gasteiger partial charge is 0.322 e. The summed E-state index contributed by atoms with van der Waals surface area (Å²) in [6.07, 6.45) is 0.415. The van der Waals surface area contributed by atoms with Crippen molar-refractivity contribution in [2.75, 3.05) is 31.1 Å². The summed E-state index contributed by atoms with van der Waals surface area (Å²) in [7, 11) is 0. The number of para-hydroxylation sites is 1. The second kappa shape index (κ2) is 8.18. The Morgan fingerprint density at radius 1 is 0.967 bits per heavy atom. The summed E-state index contributed by atoms with van der Waals surface area (Å²) in [4.78, 5) is 41.5. The van der Waals surface area contributed by atoms with Gasteiger partial charge in [-0.2, -0.15) is 0 Å². The molecule has 0 aromatic heterocycles.